The molecule has 0 unspecified atom stereocenters. The zero-order valence-corrected chi connectivity index (χ0v) is 13.2. The smallest absolute Gasteiger partial charge is 0.123 e. The SMILES string of the molecule is CCCN(Cc1ccc(C#N)cc1)Cc1ccccc1OC. The standard InChI is InChI=1S/C19H22N2O/c1-3-12-21(14-17-10-8-16(13-20)9-11-17)15-18-6-4-5-7-19(18)22-2/h4-11H,3,12,14-15H2,1-2H3. The Morgan fingerprint density at radius 1 is 1.05 bits per heavy atom. The average Bonchev–Trinajstić information content (AvgIpc) is 2.56. The summed E-state index contributed by atoms with van der Waals surface area (Å²) >= 11 is 0. The summed E-state index contributed by atoms with van der Waals surface area (Å²) in [5.74, 6) is 0.934. The minimum Gasteiger partial charge on any atom is -0.496 e. The zero-order chi connectivity index (χ0) is 15.8. The number of para-hydroxylation sites is 1. The maximum Gasteiger partial charge on any atom is 0.123 e. The largest absolute Gasteiger partial charge is 0.496 e. The molecule has 2 aromatic carbocycles. The van der Waals surface area contributed by atoms with E-state index >= 15 is 0 Å². The Morgan fingerprint density at radius 2 is 1.77 bits per heavy atom. The molecule has 0 fully saturated rings. The zero-order valence-electron chi connectivity index (χ0n) is 13.2. The number of ether oxygens (including phenoxy) is 1. The van der Waals surface area contributed by atoms with E-state index in [1.807, 2.05) is 42.5 Å². The lowest BCUT2D eigenvalue weighted by Crippen LogP contribution is -2.23. The van der Waals surface area contributed by atoms with E-state index in [1.165, 1.54) is 11.1 Å². The third-order valence-electron chi connectivity index (χ3n) is 3.62. The quantitative estimate of drug-likeness (QED) is 0.775. The van der Waals surface area contributed by atoms with Gasteiger partial charge in [0, 0.05) is 18.7 Å². The summed E-state index contributed by atoms with van der Waals surface area (Å²) in [5, 5.41) is 8.87. The van der Waals surface area contributed by atoms with Gasteiger partial charge in [-0.3, -0.25) is 4.90 Å². The molecule has 0 aliphatic rings. The van der Waals surface area contributed by atoms with Crippen molar-refractivity contribution in [3.8, 4) is 11.8 Å². The second-order valence-corrected chi connectivity index (χ2v) is 5.33. The minimum absolute atomic E-state index is 0.704. The van der Waals surface area contributed by atoms with Crippen LogP contribution in [0.2, 0.25) is 0 Å². The molecular formula is C19H22N2O. The number of rotatable bonds is 7. The fraction of sp³-hybridized carbons (Fsp3) is 0.316. The first-order chi connectivity index (χ1) is 10.8. The van der Waals surface area contributed by atoms with E-state index < -0.39 is 0 Å². The molecule has 0 saturated heterocycles. The lowest BCUT2D eigenvalue weighted by Gasteiger charge is -2.23. The van der Waals surface area contributed by atoms with E-state index in [0.29, 0.717) is 5.56 Å². The number of benzene rings is 2. The van der Waals surface area contributed by atoms with Gasteiger partial charge in [0.05, 0.1) is 18.7 Å². The molecule has 0 aromatic heterocycles. The van der Waals surface area contributed by atoms with Gasteiger partial charge in [0.15, 0.2) is 0 Å². The van der Waals surface area contributed by atoms with Crippen LogP contribution in [0.4, 0.5) is 0 Å². The van der Waals surface area contributed by atoms with Gasteiger partial charge in [-0.1, -0.05) is 37.3 Å². The van der Waals surface area contributed by atoms with Crippen LogP contribution in [0.25, 0.3) is 0 Å². The molecular weight excluding hydrogens is 272 g/mol. The minimum atomic E-state index is 0.704. The van der Waals surface area contributed by atoms with E-state index in [4.69, 9.17) is 10.00 Å². The number of nitriles is 1. The molecule has 2 aromatic rings. The number of methoxy groups -OCH3 is 1. The van der Waals surface area contributed by atoms with E-state index in [2.05, 4.69) is 24.0 Å². The lowest BCUT2D eigenvalue weighted by molar-refractivity contribution is 0.253. The molecule has 0 radical (unpaired) electrons. The molecule has 0 amide bonds. The molecule has 3 heteroatoms. The van der Waals surface area contributed by atoms with Crippen LogP contribution in [0, 0.1) is 11.3 Å². The summed E-state index contributed by atoms with van der Waals surface area (Å²) in [6.45, 7) is 4.95. The van der Waals surface area contributed by atoms with Crippen molar-refractivity contribution in [3.63, 3.8) is 0 Å². The van der Waals surface area contributed by atoms with Crippen LogP contribution in [0.1, 0.15) is 30.0 Å². The van der Waals surface area contributed by atoms with Crippen LogP contribution in [-0.4, -0.2) is 18.6 Å². The number of nitrogens with zero attached hydrogens (tertiary/aromatic N) is 2. The molecule has 0 saturated carbocycles. The highest BCUT2D eigenvalue weighted by Crippen LogP contribution is 2.20. The Kier molecular flexibility index (Phi) is 6.00. The summed E-state index contributed by atoms with van der Waals surface area (Å²) in [4.78, 5) is 2.40. The summed E-state index contributed by atoms with van der Waals surface area (Å²) in [6, 6.07) is 18.1. The molecule has 0 N–H and O–H groups in total. The van der Waals surface area contributed by atoms with Crippen LogP contribution >= 0.6 is 0 Å². The van der Waals surface area contributed by atoms with Gasteiger partial charge in [-0.15, -0.1) is 0 Å². The highest BCUT2D eigenvalue weighted by atomic mass is 16.5. The molecule has 3 nitrogen and oxygen atoms in total. The van der Waals surface area contributed by atoms with Crippen molar-refractivity contribution >= 4 is 0 Å². The predicted octanol–water partition coefficient (Wildman–Crippen LogP) is 3.98. The second kappa shape index (κ2) is 8.21. The van der Waals surface area contributed by atoms with Crippen LogP contribution in [0.15, 0.2) is 48.5 Å². The fourth-order valence-corrected chi connectivity index (χ4v) is 2.55. The van der Waals surface area contributed by atoms with E-state index in [-0.39, 0.29) is 0 Å². The third-order valence-corrected chi connectivity index (χ3v) is 3.62. The summed E-state index contributed by atoms with van der Waals surface area (Å²) in [6.07, 6.45) is 1.10. The van der Waals surface area contributed by atoms with Crippen molar-refractivity contribution in [2.45, 2.75) is 26.4 Å². The van der Waals surface area contributed by atoms with Gasteiger partial charge in [-0.25, -0.2) is 0 Å². The molecule has 0 heterocycles. The average molecular weight is 294 g/mol. The summed E-state index contributed by atoms with van der Waals surface area (Å²) in [7, 11) is 1.71. The first-order valence-corrected chi connectivity index (χ1v) is 7.60. The van der Waals surface area contributed by atoms with Crippen molar-refractivity contribution in [1.29, 1.82) is 5.26 Å². The first-order valence-electron chi connectivity index (χ1n) is 7.60. The Bertz CT molecular complexity index is 629. The molecule has 2 rings (SSSR count). The molecule has 114 valence electrons. The summed E-state index contributed by atoms with van der Waals surface area (Å²) < 4.78 is 5.44. The molecule has 0 atom stereocenters. The second-order valence-electron chi connectivity index (χ2n) is 5.33. The lowest BCUT2D eigenvalue weighted by atomic mass is 10.1. The van der Waals surface area contributed by atoms with Crippen LogP contribution < -0.4 is 4.74 Å². The van der Waals surface area contributed by atoms with Gasteiger partial charge >= 0.3 is 0 Å². The van der Waals surface area contributed by atoms with Gasteiger partial charge in [-0.05, 0) is 36.7 Å². The van der Waals surface area contributed by atoms with Crippen molar-refractivity contribution in [3.05, 3.63) is 65.2 Å². The third kappa shape index (κ3) is 4.34. The molecule has 22 heavy (non-hydrogen) atoms. The van der Waals surface area contributed by atoms with Gasteiger partial charge in [0.25, 0.3) is 0 Å². The Labute approximate surface area is 132 Å². The van der Waals surface area contributed by atoms with Crippen LogP contribution in [0.5, 0.6) is 5.75 Å². The fourth-order valence-electron chi connectivity index (χ4n) is 2.55. The Balaban J connectivity index is 2.10. The normalized spacial score (nSPS) is 10.5. The van der Waals surface area contributed by atoms with Crippen molar-refractivity contribution < 1.29 is 4.74 Å². The highest BCUT2D eigenvalue weighted by Gasteiger charge is 2.09. The Morgan fingerprint density at radius 3 is 2.41 bits per heavy atom. The molecule has 0 aliphatic heterocycles. The Hall–Kier alpha value is -2.31. The maximum atomic E-state index is 8.87. The van der Waals surface area contributed by atoms with Crippen LogP contribution in [-0.2, 0) is 13.1 Å². The van der Waals surface area contributed by atoms with Crippen LogP contribution in [0.3, 0.4) is 0 Å². The highest BCUT2D eigenvalue weighted by molar-refractivity contribution is 5.34. The summed E-state index contributed by atoms with van der Waals surface area (Å²) in [5.41, 5.74) is 3.13. The maximum absolute atomic E-state index is 8.87. The van der Waals surface area contributed by atoms with Gasteiger partial charge < -0.3 is 4.74 Å². The van der Waals surface area contributed by atoms with Gasteiger partial charge in [-0.2, -0.15) is 5.26 Å². The van der Waals surface area contributed by atoms with Gasteiger partial charge in [0.1, 0.15) is 5.75 Å². The first kappa shape index (κ1) is 16.1. The van der Waals surface area contributed by atoms with Crippen molar-refractivity contribution in [2.24, 2.45) is 0 Å². The monoisotopic (exact) mass is 294 g/mol. The molecule has 0 aliphatic carbocycles. The predicted molar refractivity (Wildman–Crippen MR) is 88.6 cm³/mol. The van der Waals surface area contributed by atoms with Crippen molar-refractivity contribution in [2.75, 3.05) is 13.7 Å². The van der Waals surface area contributed by atoms with Gasteiger partial charge in [0.2, 0.25) is 0 Å². The van der Waals surface area contributed by atoms with Crippen molar-refractivity contribution in [1.82, 2.24) is 4.90 Å². The molecule has 0 spiro atoms. The van der Waals surface area contributed by atoms with E-state index in [0.717, 1.165) is 31.8 Å². The van der Waals surface area contributed by atoms with E-state index in [9.17, 15) is 0 Å². The topological polar surface area (TPSA) is 36.3 Å². The van der Waals surface area contributed by atoms with E-state index in [1.54, 1.807) is 7.11 Å². The molecule has 0 bridgehead atoms. The number of hydrogen-bond acceptors (Lipinski definition) is 3. The number of hydrogen-bond donors (Lipinski definition) is 0.